The summed E-state index contributed by atoms with van der Waals surface area (Å²) in [5.74, 6) is -0.0239. The molecule has 2 rings (SSSR count). The van der Waals surface area contributed by atoms with Crippen LogP contribution in [0.15, 0.2) is 18.2 Å². The van der Waals surface area contributed by atoms with Gasteiger partial charge in [0, 0.05) is 24.0 Å². The van der Waals surface area contributed by atoms with Crippen molar-refractivity contribution in [1.29, 1.82) is 0 Å². The van der Waals surface area contributed by atoms with Crippen molar-refractivity contribution in [3.63, 3.8) is 0 Å². The van der Waals surface area contributed by atoms with Crippen LogP contribution in [0.2, 0.25) is 10.0 Å². The number of benzene rings is 1. The van der Waals surface area contributed by atoms with Crippen molar-refractivity contribution in [1.82, 2.24) is 10.2 Å². The van der Waals surface area contributed by atoms with Crippen molar-refractivity contribution in [3.05, 3.63) is 28.2 Å². The lowest BCUT2D eigenvalue weighted by molar-refractivity contribution is -0.116. The molecule has 1 aliphatic rings. The predicted octanol–water partition coefficient (Wildman–Crippen LogP) is 3.79. The second kappa shape index (κ2) is 9.48. The summed E-state index contributed by atoms with van der Waals surface area (Å²) in [5, 5.41) is 7.31. The highest BCUT2D eigenvalue weighted by molar-refractivity contribution is 6.35. The molecule has 1 aliphatic heterocycles. The standard InChI is InChI=1S/C17H25Cl2N3O/c1-2-10-22(14-5-8-20-9-6-14)11-7-17(23)21-16-12-13(18)3-4-15(16)19/h3-4,12,14,20H,2,5-11H2,1H3,(H,21,23). The Kier molecular flexibility index (Phi) is 7.63. The van der Waals surface area contributed by atoms with Gasteiger partial charge in [-0.05, 0) is 57.1 Å². The van der Waals surface area contributed by atoms with Crippen LogP contribution in [0.4, 0.5) is 5.69 Å². The van der Waals surface area contributed by atoms with Crippen molar-refractivity contribution >= 4 is 34.8 Å². The number of nitrogens with zero attached hydrogens (tertiary/aromatic N) is 1. The maximum Gasteiger partial charge on any atom is 0.225 e. The van der Waals surface area contributed by atoms with Crippen LogP contribution in [0.25, 0.3) is 0 Å². The van der Waals surface area contributed by atoms with Gasteiger partial charge in [-0.3, -0.25) is 9.69 Å². The van der Waals surface area contributed by atoms with Crippen LogP contribution in [0.3, 0.4) is 0 Å². The quantitative estimate of drug-likeness (QED) is 0.780. The summed E-state index contributed by atoms with van der Waals surface area (Å²) in [5.41, 5.74) is 0.577. The van der Waals surface area contributed by atoms with E-state index in [9.17, 15) is 4.79 Å². The Labute approximate surface area is 148 Å². The molecule has 2 N–H and O–H groups in total. The Hall–Kier alpha value is -0.810. The first-order valence-corrected chi connectivity index (χ1v) is 9.05. The molecule has 0 aromatic heterocycles. The van der Waals surface area contributed by atoms with Crippen molar-refractivity contribution in [2.24, 2.45) is 0 Å². The molecule has 0 saturated carbocycles. The second-order valence-corrected chi connectivity index (χ2v) is 6.78. The highest BCUT2D eigenvalue weighted by Crippen LogP contribution is 2.25. The summed E-state index contributed by atoms with van der Waals surface area (Å²) in [4.78, 5) is 14.7. The number of piperidine rings is 1. The summed E-state index contributed by atoms with van der Waals surface area (Å²) in [6.45, 7) is 6.13. The normalized spacial score (nSPS) is 15.8. The molecule has 23 heavy (non-hydrogen) atoms. The van der Waals surface area contributed by atoms with Gasteiger partial charge in [0.05, 0.1) is 10.7 Å². The van der Waals surface area contributed by atoms with E-state index in [1.165, 1.54) is 0 Å². The lowest BCUT2D eigenvalue weighted by Crippen LogP contribution is -2.44. The zero-order valence-corrected chi connectivity index (χ0v) is 15.1. The van der Waals surface area contributed by atoms with Crippen LogP contribution in [0.1, 0.15) is 32.6 Å². The number of anilines is 1. The molecule has 128 valence electrons. The molecule has 0 atom stereocenters. The van der Waals surface area contributed by atoms with Crippen LogP contribution in [-0.2, 0) is 4.79 Å². The number of rotatable bonds is 7. The summed E-state index contributed by atoms with van der Waals surface area (Å²) in [7, 11) is 0. The lowest BCUT2D eigenvalue weighted by Gasteiger charge is -2.34. The maximum absolute atomic E-state index is 12.2. The number of hydrogen-bond acceptors (Lipinski definition) is 3. The third-order valence-electron chi connectivity index (χ3n) is 4.16. The minimum absolute atomic E-state index is 0.0239. The summed E-state index contributed by atoms with van der Waals surface area (Å²) < 4.78 is 0. The molecule has 1 amide bonds. The van der Waals surface area contributed by atoms with Gasteiger partial charge in [0.15, 0.2) is 0 Å². The van der Waals surface area contributed by atoms with Gasteiger partial charge >= 0.3 is 0 Å². The first kappa shape index (κ1) is 18.5. The average Bonchev–Trinajstić information content (AvgIpc) is 2.55. The van der Waals surface area contributed by atoms with E-state index in [4.69, 9.17) is 23.2 Å². The van der Waals surface area contributed by atoms with Crippen LogP contribution in [0, 0.1) is 0 Å². The highest BCUT2D eigenvalue weighted by Gasteiger charge is 2.20. The van der Waals surface area contributed by atoms with Gasteiger partial charge in [0.1, 0.15) is 0 Å². The number of hydrogen-bond donors (Lipinski definition) is 2. The molecule has 0 spiro atoms. The fraction of sp³-hybridized carbons (Fsp3) is 0.588. The molecule has 0 radical (unpaired) electrons. The summed E-state index contributed by atoms with van der Waals surface area (Å²) >= 11 is 12.0. The molecule has 0 unspecified atom stereocenters. The third kappa shape index (κ3) is 5.96. The van der Waals surface area contributed by atoms with Gasteiger partial charge in [0.25, 0.3) is 0 Å². The molecule has 1 heterocycles. The minimum Gasteiger partial charge on any atom is -0.325 e. The van der Waals surface area contributed by atoms with Gasteiger partial charge in [-0.15, -0.1) is 0 Å². The minimum atomic E-state index is -0.0239. The van der Waals surface area contributed by atoms with E-state index < -0.39 is 0 Å². The number of nitrogens with one attached hydrogen (secondary N) is 2. The Morgan fingerprint density at radius 1 is 1.30 bits per heavy atom. The Bertz CT molecular complexity index is 519. The molecule has 0 aliphatic carbocycles. The van der Waals surface area contributed by atoms with Gasteiger partial charge in [-0.1, -0.05) is 30.1 Å². The molecular formula is C17H25Cl2N3O. The third-order valence-corrected chi connectivity index (χ3v) is 4.73. The van der Waals surface area contributed by atoms with Crippen LogP contribution in [-0.4, -0.2) is 43.0 Å². The number of carbonyl (C=O) groups excluding carboxylic acids is 1. The van der Waals surface area contributed by atoms with Gasteiger partial charge < -0.3 is 10.6 Å². The summed E-state index contributed by atoms with van der Waals surface area (Å²) in [6, 6.07) is 5.66. The average molecular weight is 358 g/mol. The van der Waals surface area contributed by atoms with Crippen molar-refractivity contribution in [2.75, 3.05) is 31.5 Å². The molecule has 1 saturated heterocycles. The van der Waals surface area contributed by atoms with E-state index in [1.54, 1.807) is 18.2 Å². The van der Waals surface area contributed by atoms with Gasteiger partial charge in [-0.25, -0.2) is 0 Å². The molecule has 6 heteroatoms. The van der Waals surface area contributed by atoms with E-state index in [1.807, 2.05) is 0 Å². The molecule has 1 fully saturated rings. The maximum atomic E-state index is 12.2. The monoisotopic (exact) mass is 357 g/mol. The van der Waals surface area contributed by atoms with Crippen molar-refractivity contribution < 1.29 is 4.79 Å². The van der Waals surface area contributed by atoms with E-state index >= 15 is 0 Å². The molecule has 4 nitrogen and oxygen atoms in total. The number of carbonyl (C=O) groups is 1. The van der Waals surface area contributed by atoms with E-state index in [0.717, 1.165) is 45.4 Å². The highest BCUT2D eigenvalue weighted by atomic mass is 35.5. The van der Waals surface area contributed by atoms with Crippen LogP contribution in [0.5, 0.6) is 0 Å². The largest absolute Gasteiger partial charge is 0.325 e. The second-order valence-electron chi connectivity index (χ2n) is 5.94. The lowest BCUT2D eigenvalue weighted by atomic mass is 10.0. The zero-order chi connectivity index (χ0) is 16.7. The molecule has 1 aromatic rings. The number of halogens is 2. The van der Waals surface area contributed by atoms with E-state index in [-0.39, 0.29) is 5.91 Å². The van der Waals surface area contributed by atoms with Crippen LogP contribution >= 0.6 is 23.2 Å². The fourth-order valence-corrected chi connectivity index (χ4v) is 3.32. The Balaban J connectivity index is 1.86. The fourth-order valence-electron chi connectivity index (χ4n) is 2.99. The van der Waals surface area contributed by atoms with E-state index in [0.29, 0.717) is 28.2 Å². The van der Waals surface area contributed by atoms with Gasteiger partial charge in [0.2, 0.25) is 5.91 Å². The van der Waals surface area contributed by atoms with E-state index in [2.05, 4.69) is 22.5 Å². The van der Waals surface area contributed by atoms with Crippen molar-refractivity contribution in [3.8, 4) is 0 Å². The summed E-state index contributed by atoms with van der Waals surface area (Å²) in [6.07, 6.45) is 3.88. The molecule has 1 aromatic carbocycles. The Morgan fingerprint density at radius 3 is 2.74 bits per heavy atom. The Morgan fingerprint density at radius 2 is 2.04 bits per heavy atom. The topological polar surface area (TPSA) is 44.4 Å². The zero-order valence-electron chi connectivity index (χ0n) is 13.6. The van der Waals surface area contributed by atoms with Crippen LogP contribution < -0.4 is 10.6 Å². The smallest absolute Gasteiger partial charge is 0.225 e. The SMILES string of the molecule is CCCN(CCC(=O)Nc1cc(Cl)ccc1Cl)C1CCNCC1. The molecule has 0 bridgehead atoms. The number of amides is 1. The predicted molar refractivity (Wildman–Crippen MR) is 97.5 cm³/mol. The van der Waals surface area contributed by atoms with Gasteiger partial charge in [-0.2, -0.15) is 0 Å². The molecular weight excluding hydrogens is 333 g/mol. The first-order chi connectivity index (χ1) is 11.1. The van der Waals surface area contributed by atoms with Crippen molar-refractivity contribution in [2.45, 2.75) is 38.6 Å². The first-order valence-electron chi connectivity index (χ1n) is 8.30.